The highest BCUT2D eigenvalue weighted by Gasteiger charge is 2.27. The molecule has 1 N–H and O–H groups in total. The van der Waals surface area contributed by atoms with Crippen molar-refractivity contribution in [3.8, 4) is 11.5 Å². The van der Waals surface area contributed by atoms with Crippen LogP contribution in [0.2, 0.25) is 0 Å². The van der Waals surface area contributed by atoms with E-state index in [9.17, 15) is 18.0 Å². The Balaban J connectivity index is 1.55. The molecule has 0 bridgehead atoms. The molecule has 0 aliphatic heterocycles. The van der Waals surface area contributed by atoms with Crippen molar-refractivity contribution in [3.63, 3.8) is 0 Å². The van der Waals surface area contributed by atoms with E-state index in [-0.39, 0.29) is 19.1 Å². The fourth-order valence-electron chi connectivity index (χ4n) is 3.00. The highest BCUT2D eigenvalue weighted by Crippen LogP contribution is 2.29. The predicted octanol–water partition coefficient (Wildman–Crippen LogP) is 5.07. The van der Waals surface area contributed by atoms with Crippen LogP contribution in [0.25, 0.3) is 0 Å². The fourth-order valence-corrected chi connectivity index (χ4v) is 3.00. The topological polar surface area (TPSA) is 69.7 Å². The zero-order valence-electron chi connectivity index (χ0n) is 18.6. The lowest BCUT2D eigenvalue weighted by Gasteiger charge is -2.14. The molecular formula is C25H25F3N2O4. The standard InChI is InChI=1S/C25H25F3N2O4/c1-2-33-23-12-21(9-10-22(23)34-16-20-4-3-11-29-13-20)24(31)30-14-18-5-7-19(8-6-18)15-32-17-25(26,27)28/h3-13H,2,14-17H2,1H3,(H,30,31). The van der Waals surface area contributed by atoms with Crippen molar-refractivity contribution < 1.29 is 32.2 Å². The van der Waals surface area contributed by atoms with Crippen LogP contribution >= 0.6 is 0 Å². The van der Waals surface area contributed by atoms with Gasteiger partial charge in [0, 0.05) is 30.1 Å². The lowest BCUT2D eigenvalue weighted by molar-refractivity contribution is -0.176. The van der Waals surface area contributed by atoms with Crippen molar-refractivity contribution in [2.24, 2.45) is 0 Å². The molecule has 0 spiro atoms. The fraction of sp³-hybridized carbons (Fsp3) is 0.280. The Kier molecular flexibility index (Phi) is 8.86. The molecule has 3 rings (SSSR count). The number of hydrogen-bond donors (Lipinski definition) is 1. The summed E-state index contributed by atoms with van der Waals surface area (Å²) in [5.41, 5.74) is 2.73. The van der Waals surface area contributed by atoms with Crippen molar-refractivity contribution in [2.45, 2.75) is 32.9 Å². The van der Waals surface area contributed by atoms with Gasteiger partial charge in [-0.05, 0) is 42.3 Å². The van der Waals surface area contributed by atoms with E-state index in [2.05, 4.69) is 15.0 Å². The van der Waals surface area contributed by atoms with Crippen LogP contribution in [0.4, 0.5) is 13.2 Å². The number of carbonyl (C=O) groups excluding carboxylic acids is 1. The molecule has 2 aromatic carbocycles. The molecule has 1 amide bonds. The molecule has 1 aromatic heterocycles. The molecule has 0 saturated carbocycles. The third-order valence-corrected chi connectivity index (χ3v) is 4.63. The number of halogens is 3. The van der Waals surface area contributed by atoms with Gasteiger partial charge in [-0.15, -0.1) is 0 Å². The number of pyridine rings is 1. The van der Waals surface area contributed by atoms with Crippen LogP contribution in [0, 0.1) is 0 Å². The van der Waals surface area contributed by atoms with Crippen LogP contribution in [0.3, 0.4) is 0 Å². The number of amides is 1. The van der Waals surface area contributed by atoms with E-state index in [0.29, 0.717) is 35.8 Å². The Morgan fingerprint density at radius 1 is 0.941 bits per heavy atom. The Hall–Kier alpha value is -3.59. The summed E-state index contributed by atoms with van der Waals surface area (Å²) in [6.07, 6.45) is -0.954. The first-order valence-electron chi connectivity index (χ1n) is 10.6. The van der Waals surface area contributed by atoms with Crippen LogP contribution in [-0.2, 0) is 24.5 Å². The van der Waals surface area contributed by atoms with E-state index in [1.807, 2.05) is 19.1 Å². The first kappa shape index (κ1) is 25.0. The number of nitrogens with one attached hydrogen (secondary N) is 1. The van der Waals surface area contributed by atoms with Gasteiger partial charge in [0.05, 0.1) is 13.2 Å². The summed E-state index contributed by atoms with van der Waals surface area (Å²) in [5, 5.41) is 2.82. The highest BCUT2D eigenvalue weighted by atomic mass is 19.4. The zero-order valence-corrected chi connectivity index (χ0v) is 18.6. The molecule has 0 fully saturated rings. The van der Waals surface area contributed by atoms with Crippen LogP contribution < -0.4 is 14.8 Å². The second-order valence-electron chi connectivity index (χ2n) is 7.35. The molecule has 0 saturated heterocycles. The smallest absolute Gasteiger partial charge is 0.411 e. The summed E-state index contributed by atoms with van der Waals surface area (Å²) in [5.74, 6) is 0.685. The van der Waals surface area contributed by atoms with E-state index < -0.39 is 12.8 Å². The van der Waals surface area contributed by atoms with Crippen molar-refractivity contribution in [1.29, 1.82) is 0 Å². The zero-order chi connectivity index (χ0) is 24.4. The number of carbonyl (C=O) groups is 1. The van der Waals surface area contributed by atoms with Gasteiger partial charge in [-0.1, -0.05) is 30.3 Å². The summed E-state index contributed by atoms with van der Waals surface area (Å²) in [6, 6.07) is 15.5. The minimum atomic E-state index is -4.35. The summed E-state index contributed by atoms with van der Waals surface area (Å²) in [4.78, 5) is 16.7. The van der Waals surface area contributed by atoms with E-state index >= 15 is 0 Å². The van der Waals surface area contributed by atoms with E-state index in [1.165, 1.54) is 0 Å². The second kappa shape index (κ2) is 12.0. The molecule has 0 radical (unpaired) electrons. The maximum Gasteiger partial charge on any atom is 0.411 e. The quantitative estimate of drug-likeness (QED) is 0.420. The molecular weight excluding hydrogens is 449 g/mol. The van der Waals surface area contributed by atoms with Gasteiger partial charge in [-0.25, -0.2) is 0 Å². The molecule has 0 aliphatic carbocycles. The summed E-state index contributed by atoms with van der Waals surface area (Å²) >= 11 is 0. The lowest BCUT2D eigenvalue weighted by atomic mass is 10.1. The van der Waals surface area contributed by atoms with Gasteiger partial charge in [0.15, 0.2) is 11.5 Å². The minimum absolute atomic E-state index is 0.137. The van der Waals surface area contributed by atoms with Gasteiger partial charge in [-0.3, -0.25) is 9.78 Å². The predicted molar refractivity (Wildman–Crippen MR) is 120 cm³/mol. The van der Waals surface area contributed by atoms with Gasteiger partial charge >= 0.3 is 6.18 Å². The maximum absolute atomic E-state index is 12.6. The van der Waals surface area contributed by atoms with Crippen molar-refractivity contribution >= 4 is 5.91 Å². The molecule has 0 atom stereocenters. The van der Waals surface area contributed by atoms with Crippen molar-refractivity contribution in [1.82, 2.24) is 10.3 Å². The van der Waals surface area contributed by atoms with Gasteiger partial charge in [0.1, 0.15) is 13.2 Å². The molecule has 6 nitrogen and oxygen atoms in total. The van der Waals surface area contributed by atoms with Gasteiger partial charge in [0.25, 0.3) is 5.91 Å². The van der Waals surface area contributed by atoms with Gasteiger partial charge in [-0.2, -0.15) is 13.2 Å². The summed E-state index contributed by atoms with van der Waals surface area (Å²) < 4.78 is 52.6. The Morgan fingerprint density at radius 2 is 1.71 bits per heavy atom. The molecule has 9 heteroatoms. The molecule has 1 heterocycles. The number of nitrogens with zero attached hydrogens (tertiary/aromatic N) is 1. The molecule has 0 unspecified atom stereocenters. The normalized spacial score (nSPS) is 11.2. The van der Waals surface area contributed by atoms with Crippen LogP contribution in [0.15, 0.2) is 67.0 Å². The summed E-state index contributed by atoms with van der Waals surface area (Å²) in [7, 11) is 0. The average molecular weight is 474 g/mol. The molecule has 3 aromatic rings. The number of rotatable bonds is 11. The number of alkyl halides is 3. The number of hydrogen-bond acceptors (Lipinski definition) is 5. The van der Waals surface area contributed by atoms with E-state index in [4.69, 9.17) is 9.47 Å². The Labute approximate surface area is 195 Å². The summed E-state index contributed by atoms with van der Waals surface area (Å²) in [6.45, 7) is 1.40. The molecule has 0 aliphatic rings. The van der Waals surface area contributed by atoms with Crippen LogP contribution in [0.1, 0.15) is 34.0 Å². The third-order valence-electron chi connectivity index (χ3n) is 4.63. The number of benzene rings is 2. The highest BCUT2D eigenvalue weighted by molar-refractivity contribution is 5.94. The monoisotopic (exact) mass is 474 g/mol. The average Bonchev–Trinajstić information content (AvgIpc) is 2.82. The number of aromatic nitrogens is 1. The van der Waals surface area contributed by atoms with E-state index in [1.54, 1.807) is 54.9 Å². The SMILES string of the molecule is CCOc1cc(C(=O)NCc2ccc(COCC(F)(F)F)cc2)ccc1OCc1cccnc1. The van der Waals surface area contributed by atoms with Crippen LogP contribution in [-0.4, -0.2) is 30.3 Å². The third kappa shape index (κ3) is 8.08. The Morgan fingerprint density at radius 3 is 2.38 bits per heavy atom. The maximum atomic E-state index is 12.6. The lowest BCUT2D eigenvalue weighted by Crippen LogP contribution is -2.22. The molecule has 34 heavy (non-hydrogen) atoms. The second-order valence-corrected chi connectivity index (χ2v) is 7.35. The number of ether oxygens (including phenoxy) is 3. The largest absolute Gasteiger partial charge is 0.490 e. The molecule has 180 valence electrons. The van der Waals surface area contributed by atoms with Crippen LogP contribution in [0.5, 0.6) is 11.5 Å². The first-order valence-corrected chi connectivity index (χ1v) is 10.6. The van der Waals surface area contributed by atoms with Gasteiger partial charge in [0.2, 0.25) is 0 Å². The van der Waals surface area contributed by atoms with Crippen molar-refractivity contribution in [2.75, 3.05) is 13.2 Å². The minimum Gasteiger partial charge on any atom is -0.490 e. The van der Waals surface area contributed by atoms with E-state index in [0.717, 1.165) is 11.1 Å². The Bertz CT molecular complexity index is 1060. The van der Waals surface area contributed by atoms with Crippen molar-refractivity contribution in [3.05, 3.63) is 89.2 Å². The van der Waals surface area contributed by atoms with Gasteiger partial charge < -0.3 is 19.5 Å². The first-order chi connectivity index (χ1) is 16.3.